The number of rotatable bonds is 2. The molecule has 0 nitrogen and oxygen atoms in total. The van der Waals surface area contributed by atoms with Crippen molar-refractivity contribution in [1.29, 1.82) is 0 Å². The molecule has 0 aliphatic carbocycles. The van der Waals surface area contributed by atoms with Gasteiger partial charge in [0.15, 0.2) is 23.3 Å². The highest BCUT2D eigenvalue weighted by molar-refractivity contribution is 6.89. The van der Waals surface area contributed by atoms with Gasteiger partial charge in [-0.05, 0) is 6.92 Å². The Morgan fingerprint density at radius 3 is 1.56 bits per heavy atom. The van der Waals surface area contributed by atoms with Gasteiger partial charge in [-0.2, -0.15) is 0 Å². The van der Waals surface area contributed by atoms with Crippen LogP contribution in [0.3, 0.4) is 0 Å². The lowest BCUT2D eigenvalue weighted by atomic mass is 10.2. The summed E-state index contributed by atoms with van der Waals surface area (Å²) in [5.74, 6) is -5.00. The van der Waals surface area contributed by atoms with Gasteiger partial charge in [-0.1, -0.05) is 26.1 Å². The Morgan fingerprint density at radius 1 is 0.875 bits per heavy atom. The van der Waals surface area contributed by atoms with Crippen LogP contribution in [0.15, 0.2) is 0 Å². The van der Waals surface area contributed by atoms with Crippen molar-refractivity contribution in [3.05, 3.63) is 28.8 Å². The van der Waals surface area contributed by atoms with Crippen LogP contribution in [0, 0.1) is 30.2 Å². The maximum Gasteiger partial charge on any atom is 0.164 e. The first-order chi connectivity index (χ1) is 7.24. The van der Waals surface area contributed by atoms with E-state index < -0.39 is 36.9 Å². The summed E-state index contributed by atoms with van der Waals surface area (Å²) in [6, 6.07) is 0.517. The monoisotopic (exact) mass is 250 g/mol. The molecule has 0 aliphatic rings. The Labute approximate surface area is 93.3 Å². The molecule has 0 aliphatic heterocycles. The molecule has 16 heavy (non-hydrogen) atoms. The summed E-state index contributed by atoms with van der Waals surface area (Å²) in [5, 5.41) is -0.379. The lowest BCUT2D eigenvalue weighted by molar-refractivity contribution is 0.453. The van der Waals surface area contributed by atoms with Crippen LogP contribution >= 0.6 is 0 Å². The predicted molar refractivity (Wildman–Crippen MR) is 58.6 cm³/mol. The third-order valence-corrected chi connectivity index (χ3v) is 6.60. The second-order valence-corrected chi connectivity index (χ2v) is 9.47. The first-order valence-corrected chi connectivity index (χ1v) is 8.27. The topological polar surface area (TPSA) is 0 Å². The van der Waals surface area contributed by atoms with Gasteiger partial charge in [0.25, 0.3) is 0 Å². The predicted octanol–water partition coefficient (Wildman–Crippen LogP) is 3.49. The maximum absolute atomic E-state index is 13.6. The molecule has 0 N–H and O–H groups in total. The van der Waals surface area contributed by atoms with Gasteiger partial charge in [0.2, 0.25) is 0 Å². The molecule has 0 spiro atoms. The normalized spacial score (nSPS) is 12.0. The van der Waals surface area contributed by atoms with E-state index in [0.29, 0.717) is 6.04 Å². The van der Waals surface area contributed by atoms with Crippen molar-refractivity contribution in [1.82, 2.24) is 0 Å². The average molecular weight is 250 g/mol. The Bertz CT molecular complexity index is 397. The molecule has 90 valence electrons. The summed E-state index contributed by atoms with van der Waals surface area (Å²) in [6.07, 6.45) is 0. The highest BCUT2D eigenvalue weighted by Crippen LogP contribution is 2.21. The standard InChI is InChI=1S/C11H14F4Si/c1-5-16(3,4)11-9(14)7(12)6(2)8(13)10(11)15/h5H2,1-4H3. The minimum Gasteiger partial charge on any atom is -0.204 e. The molecule has 0 atom stereocenters. The zero-order valence-electron chi connectivity index (χ0n) is 9.72. The molecule has 1 rings (SSSR count). The first-order valence-electron chi connectivity index (χ1n) is 5.07. The first kappa shape index (κ1) is 13.2. The molecular weight excluding hydrogens is 236 g/mol. The van der Waals surface area contributed by atoms with E-state index in [0.717, 1.165) is 6.92 Å². The zero-order valence-corrected chi connectivity index (χ0v) is 10.7. The van der Waals surface area contributed by atoms with Crippen molar-refractivity contribution < 1.29 is 17.6 Å². The van der Waals surface area contributed by atoms with E-state index >= 15 is 0 Å². The van der Waals surface area contributed by atoms with E-state index in [9.17, 15) is 17.6 Å². The Hall–Kier alpha value is -0.843. The Kier molecular flexibility index (Phi) is 3.47. The quantitative estimate of drug-likeness (QED) is 0.428. The fourth-order valence-electron chi connectivity index (χ4n) is 1.51. The lowest BCUT2D eigenvalue weighted by Gasteiger charge is -2.23. The number of hydrogen-bond acceptors (Lipinski definition) is 0. The summed E-state index contributed by atoms with van der Waals surface area (Å²) in [7, 11) is -2.46. The van der Waals surface area contributed by atoms with Crippen LogP contribution in [-0.2, 0) is 0 Å². The second-order valence-electron chi connectivity index (χ2n) is 4.49. The maximum atomic E-state index is 13.6. The summed E-state index contributed by atoms with van der Waals surface area (Å²) in [5.41, 5.74) is -0.598. The number of halogens is 4. The van der Waals surface area contributed by atoms with Gasteiger partial charge in [0, 0.05) is 10.8 Å². The van der Waals surface area contributed by atoms with Gasteiger partial charge < -0.3 is 0 Å². The highest BCUT2D eigenvalue weighted by atomic mass is 28.3. The summed E-state index contributed by atoms with van der Waals surface area (Å²) < 4.78 is 54.0. The van der Waals surface area contributed by atoms with Gasteiger partial charge >= 0.3 is 0 Å². The van der Waals surface area contributed by atoms with E-state index in [1.54, 1.807) is 20.0 Å². The van der Waals surface area contributed by atoms with Gasteiger partial charge in [-0.15, -0.1) is 0 Å². The van der Waals surface area contributed by atoms with E-state index in [4.69, 9.17) is 0 Å². The molecule has 1 aromatic rings. The molecule has 0 saturated heterocycles. The third-order valence-electron chi connectivity index (χ3n) is 3.04. The second kappa shape index (κ2) is 4.20. The van der Waals surface area contributed by atoms with E-state index in [2.05, 4.69) is 0 Å². The Morgan fingerprint density at radius 2 is 1.25 bits per heavy atom. The van der Waals surface area contributed by atoms with Crippen LogP contribution in [0.2, 0.25) is 19.1 Å². The van der Waals surface area contributed by atoms with E-state index in [1.165, 1.54) is 0 Å². The third kappa shape index (κ3) is 1.88. The van der Waals surface area contributed by atoms with Crippen molar-refractivity contribution in [2.24, 2.45) is 0 Å². The fourth-order valence-corrected chi connectivity index (χ4v) is 3.27. The summed E-state index contributed by atoms with van der Waals surface area (Å²) in [4.78, 5) is 0. The average Bonchev–Trinajstić information content (AvgIpc) is 2.23. The Balaban J connectivity index is 3.65. The SMILES string of the molecule is CC[Si](C)(C)c1c(F)c(F)c(C)c(F)c1F. The van der Waals surface area contributed by atoms with Crippen LogP contribution in [0.4, 0.5) is 17.6 Å². The number of hydrogen-bond donors (Lipinski definition) is 0. The molecule has 0 radical (unpaired) electrons. The molecule has 0 fully saturated rings. The molecule has 0 bridgehead atoms. The minimum atomic E-state index is -2.46. The molecule has 0 saturated carbocycles. The summed E-state index contributed by atoms with van der Waals surface area (Å²) in [6.45, 7) is 6.16. The van der Waals surface area contributed by atoms with Gasteiger partial charge in [0.1, 0.15) is 0 Å². The van der Waals surface area contributed by atoms with Gasteiger partial charge in [-0.25, -0.2) is 17.6 Å². The molecule has 0 aromatic heterocycles. The van der Waals surface area contributed by atoms with Crippen LogP contribution in [0.25, 0.3) is 0 Å². The highest BCUT2D eigenvalue weighted by Gasteiger charge is 2.33. The molecule has 1 aromatic carbocycles. The van der Waals surface area contributed by atoms with Crippen LogP contribution in [-0.4, -0.2) is 8.07 Å². The smallest absolute Gasteiger partial charge is 0.164 e. The van der Waals surface area contributed by atoms with Crippen LogP contribution in [0.1, 0.15) is 12.5 Å². The molecule has 0 amide bonds. The van der Waals surface area contributed by atoms with E-state index in [1.807, 2.05) is 0 Å². The zero-order chi connectivity index (χ0) is 12.7. The number of benzene rings is 1. The van der Waals surface area contributed by atoms with Gasteiger partial charge in [0.05, 0.1) is 8.07 Å². The minimum absolute atomic E-state index is 0.379. The van der Waals surface area contributed by atoms with Crippen molar-refractivity contribution >= 4 is 13.3 Å². The van der Waals surface area contributed by atoms with Crippen LogP contribution in [0.5, 0.6) is 0 Å². The van der Waals surface area contributed by atoms with E-state index in [-0.39, 0.29) is 5.19 Å². The van der Waals surface area contributed by atoms with Crippen molar-refractivity contribution in [3.8, 4) is 0 Å². The molecule has 0 heterocycles. The molecular formula is C11H14F4Si. The summed E-state index contributed by atoms with van der Waals surface area (Å²) >= 11 is 0. The van der Waals surface area contributed by atoms with Gasteiger partial charge in [-0.3, -0.25) is 0 Å². The van der Waals surface area contributed by atoms with Crippen molar-refractivity contribution in [2.75, 3.05) is 0 Å². The largest absolute Gasteiger partial charge is 0.204 e. The van der Waals surface area contributed by atoms with Crippen LogP contribution < -0.4 is 5.19 Å². The fraction of sp³-hybridized carbons (Fsp3) is 0.455. The van der Waals surface area contributed by atoms with Crippen molar-refractivity contribution in [2.45, 2.75) is 33.0 Å². The van der Waals surface area contributed by atoms with Crippen molar-refractivity contribution in [3.63, 3.8) is 0 Å². The molecule has 0 unspecified atom stereocenters. The lowest BCUT2D eigenvalue weighted by Crippen LogP contribution is -2.46. The molecule has 5 heteroatoms.